The molecule has 1 unspecified atom stereocenters. The molecule has 1 aromatic carbocycles. The lowest BCUT2D eigenvalue weighted by molar-refractivity contribution is -0.137. The second kappa shape index (κ2) is 5.58. The van der Waals surface area contributed by atoms with Crippen molar-refractivity contribution >= 4 is 38.4 Å². The van der Waals surface area contributed by atoms with Crippen LogP contribution in [0.3, 0.4) is 0 Å². The summed E-state index contributed by atoms with van der Waals surface area (Å²) in [6.45, 7) is 2.02. The van der Waals surface area contributed by atoms with Crippen LogP contribution in [-0.2, 0) is 6.18 Å². The molecule has 1 heterocycles. The van der Waals surface area contributed by atoms with E-state index in [0.717, 1.165) is 22.6 Å². The van der Waals surface area contributed by atoms with Crippen LogP contribution in [0.15, 0.2) is 18.2 Å². The van der Waals surface area contributed by atoms with Crippen LogP contribution >= 0.6 is 23.1 Å². The standard InChI is InChI=1S/C12H13F3N2S2/c1-7(6-18-2)16-11-17-9-5-8(12(13,14)15)3-4-10(9)19-11/h3-5,7H,6H2,1-2H3,(H,16,17). The van der Waals surface area contributed by atoms with Gasteiger partial charge in [-0.2, -0.15) is 24.9 Å². The van der Waals surface area contributed by atoms with Crippen LogP contribution in [0.4, 0.5) is 18.3 Å². The summed E-state index contributed by atoms with van der Waals surface area (Å²) in [7, 11) is 0. The molecule has 0 spiro atoms. The molecule has 0 saturated heterocycles. The van der Waals surface area contributed by atoms with E-state index in [1.807, 2.05) is 13.2 Å². The van der Waals surface area contributed by atoms with E-state index >= 15 is 0 Å². The van der Waals surface area contributed by atoms with Crippen LogP contribution in [0.1, 0.15) is 12.5 Å². The van der Waals surface area contributed by atoms with Gasteiger partial charge in [0.25, 0.3) is 0 Å². The SMILES string of the molecule is CSCC(C)Nc1nc2cc(C(F)(F)F)ccc2s1. The van der Waals surface area contributed by atoms with E-state index in [2.05, 4.69) is 10.3 Å². The number of rotatable bonds is 4. The molecule has 0 aliphatic rings. The Morgan fingerprint density at radius 1 is 1.42 bits per heavy atom. The Kier molecular flexibility index (Phi) is 4.25. The molecule has 2 aromatic rings. The average Bonchev–Trinajstić information content (AvgIpc) is 2.68. The van der Waals surface area contributed by atoms with Crippen LogP contribution in [0.2, 0.25) is 0 Å². The summed E-state index contributed by atoms with van der Waals surface area (Å²) in [5.41, 5.74) is -0.271. The van der Waals surface area contributed by atoms with E-state index in [1.54, 1.807) is 11.8 Å². The largest absolute Gasteiger partial charge is 0.416 e. The molecule has 104 valence electrons. The summed E-state index contributed by atoms with van der Waals surface area (Å²) in [6, 6.07) is 3.89. The Morgan fingerprint density at radius 3 is 2.79 bits per heavy atom. The fourth-order valence-corrected chi connectivity index (χ4v) is 3.21. The van der Waals surface area contributed by atoms with E-state index in [1.165, 1.54) is 17.4 Å². The maximum absolute atomic E-state index is 12.6. The lowest BCUT2D eigenvalue weighted by atomic mass is 10.2. The Bertz CT molecular complexity index is 566. The van der Waals surface area contributed by atoms with Crippen molar-refractivity contribution in [2.75, 3.05) is 17.3 Å². The summed E-state index contributed by atoms with van der Waals surface area (Å²) in [4.78, 5) is 4.21. The second-order valence-corrected chi connectivity index (χ2v) is 6.14. The second-order valence-electron chi connectivity index (χ2n) is 4.20. The first-order valence-corrected chi connectivity index (χ1v) is 7.84. The molecule has 1 N–H and O–H groups in total. The quantitative estimate of drug-likeness (QED) is 0.901. The Hall–Kier alpha value is -0.950. The molecule has 0 bridgehead atoms. The number of hydrogen-bond donors (Lipinski definition) is 1. The van der Waals surface area contributed by atoms with Crippen LogP contribution in [0.5, 0.6) is 0 Å². The lowest BCUT2D eigenvalue weighted by Crippen LogP contribution is -2.17. The van der Waals surface area contributed by atoms with Gasteiger partial charge in [-0.3, -0.25) is 0 Å². The number of anilines is 1. The number of alkyl halides is 3. The van der Waals surface area contributed by atoms with E-state index in [4.69, 9.17) is 0 Å². The van der Waals surface area contributed by atoms with Gasteiger partial charge in [-0.25, -0.2) is 4.98 Å². The molecule has 0 aliphatic heterocycles. The van der Waals surface area contributed by atoms with Crippen molar-refractivity contribution in [1.29, 1.82) is 0 Å². The predicted molar refractivity (Wildman–Crippen MR) is 76.1 cm³/mol. The van der Waals surface area contributed by atoms with Crippen molar-refractivity contribution in [2.24, 2.45) is 0 Å². The summed E-state index contributed by atoms with van der Waals surface area (Å²) in [5.74, 6) is 0.920. The van der Waals surface area contributed by atoms with Gasteiger partial charge in [0.15, 0.2) is 5.13 Å². The van der Waals surface area contributed by atoms with Gasteiger partial charge in [-0.15, -0.1) is 0 Å². The van der Waals surface area contributed by atoms with E-state index < -0.39 is 11.7 Å². The van der Waals surface area contributed by atoms with Crippen molar-refractivity contribution in [3.8, 4) is 0 Å². The Labute approximate surface area is 117 Å². The van der Waals surface area contributed by atoms with E-state index in [0.29, 0.717) is 10.6 Å². The Morgan fingerprint density at radius 2 is 2.16 bits per heavy atom. The predicted octanol–water partition coefficient (Wildman–Crippen LogP) is 4.48. The number of aromatic nitrogens is 1. The third-order valence-electron chi connectivity index (χ3n) is 2.50. The molecule has 1 aromatic heterocycles. The van der Waals surface area contributed by atoms with Gasteiger partial charge in [0.2, 0.25) is 0 Å². The number of thioether (sulfide) groups is 1. The highest BCUT2D eigenvalue weighted by molar-refractivity contribution is 7.98. The fourth-order valence-electron chi connectivity index (χ4n) is 1.67. The monoisotopic (exact) mass is 306 g/mol. The minimum absolute atomic E-state index is 0.234. The maximum Gasteiger partial charge on any atom is 0.416 e. The molecular formula is C12H13F3N2S2. The fraction of sp³-hybridized carbons (Fsp3) is 0.417. The number of benzene rings is 1. The molecule has 1 atom stereocenters. The zero-order valence-electron chi connectivity index (χ0n) is 10.4. The minimum Gasteiger partial charge on any atom is -0.358 e. The molecule has 0 fully saturated rings. The Balaban J connectivity index is 2.26. The van der Waals surface area contributed by atoms with Crippen LogP contribution < -0.4 is 5.32 Å². The molecule has 0 radical (unpaired) electrons. The minimum atomic E-state index is -4.32. The highest BCUT2D eigenvalue weighted by Crippen LogP contribution is 2.34. The van der Waals surface area contributed by atoms with E-state index in [9.17, 15) is 13.2 Å². The van der Waals surface area contributed by atoms with Crippen molar-refractivity contribution in [1.82, 2.24) is 4.98 Å². The van der Waals surface area contributed by atoms with Gasteiger partial charge in [0, 0.05) is 11.8 Å². The molecule has 0 saturated carbocycles. The van der Waals surface area contributed by atoms with Gasteiger partial charge in [0.1, 0.15) is 0 Å². The van der Waals surface area contributed by atoms with Gasteiger partial charge in [-0.05, 0) is 31.4 Å². The zero-order valence-corrected chi connectivity index (χ0v) is 12.0. The maximum atomic E-state index is 12.6. The first-order chi connectivity index (χ1) is 8.90. The molecule has 2 nitrogen and oxygen atoms in total. The highest BCUT2D eigenvalue weighted by atomic mass is 32.2. The van der Waals surface area contributed by atoms with Gasteiger partial charge < -0.3 is 5.32 Å². The summed E-state index contributed by atoms with van der Waals surface area (Å²) >= 11 is 3.08. The number of fused-ring (bicyclic) bond motifs is 1. The van der Waals surface area contributed by atoms with Crippen LogP contribution in [0.25, 0.3) is 10.2 Å². The highest BCUT2D eigenvalue weighted by Gasteiger charge is 2.30. The molecule has 0 amide bonds. The topological polar surface area (TPSA) is 24.9 Å². The summed E-state index contributed by atoms with van der Waals surface area (Å²) < 4.78 is 38.5. The third kappa shape index (κ3) is 3.54. The molecule has 0 aliphatic carbocycles. The first kappa shape index (κ1) is 14.5. The third-order valence-corrected chi connectivity index (χ3v) is 4.30. The van der Waals surface area contributed by atoms with Crippen LogP contribution in [0, 0.1) is 0 Å². The van der Waals surface area contributed by atoms with Crippen molar-refractivity contribution in [3.63, 3.8) is 0 Å². The molecule has 7 heteroatoms. The first-order valence-electron chi connectivity index (χ1n) is 5.63. The number of halogens is 3. The van der Waals surface area contributed by atoms with Crippen LogP contribution in [-0.4, -0.2) is 23.0 Å². The summed E-state index contributed by atoms with van der Waals surface area (Å²) in [5, 5.41) is 3.86. The molecule has 2 rings (SSSR count). The van der Waals surface area contributed by atoms with Gasteiger partial charge >= 0.3 is 6.18 Å². The normalized spacial score (nSPS) is 13.7. The number of nitrogens with one attached hydrogen (secondary N) is 1. The lowest BCUT2D eigenvalue weighted by Gasteiger charge is -2.10. The van der Waals surface area contributed by atoms with Gasteiger partial charge in [0.05, 0.1) is 15.8 Å². The molecular weight excluding hydrogens is 293 g/mol. The average molecular weight is 306 g/mol. The van der Waals surface area contributed by atoms with Crippen molar-refractivity contribution in [2.45, 2.75) is 19.1 Å². The number of thiazole rings is 1. The smallest absolute Gasteiger partial charge is 0.358 e. The van der Waals surface area contributed by atoms with Crippen molar-refractivity contribution < 1.29 is 13.2 Å². The zero-order chi connectivity index (χ0) is 14.0. The summed E-state index contributed by atoms with van der Waals surface area (Å²) in [6.07, 6.45) is -2.32. The van der Waals surface area contributed by atoms with Crippen molar-refractivity contribution in [3.05, 3.63) is 23.8 Å². The number of hydrogen-bond acceptors (Lipinski definition) is 4. The van der Waals surface area contributed by atoms with E-state index in [-0.39, 0.29) is 6.04 Å². The van der Waals surface area contributed by atoms with Gasteiger partial charge in [-0.1, -0.05) is 11.3 Å². The number of nitrogens with zero attached hydrogens (tertiary/aromatic N) is 1. The molecule has 19 heavy (non-hydrogen) atoms.